The van der Waals surface area contributed by atoms with E-state index in [0.717, 1.165) is 28.2 Å². The lowest BCUT2D eigenvalue weighted by molar-refractivity contribution is -0.139. The molecule has 3 aromatic rings. The highest BCUT2D eigenvalue weighted by Crippen LogP contribution is 2.41. The molecule has 0 aliphatic carbocycles. The summed E-state index contributed by atoms with van der Waals surface area (Å²) in [6.45, 7) is 0.857. The Morgan fingerprint density at radius 1 is 1.16 bits per heavy atom. The van der Waals surface area contributed by atoms with E-state index in [1.54, 1.807) is 24.3 Å². The molecule has 2 aliphatic heterocycles. The van der Waals surface area contributed by atoms with Crippen molar-refractivity contribution in [2.24, 2.45) is 0 Å². The second-order valence-corrected chi connectivity index (χ2v) is 8.78. The van der Waals surface area contributed by atoms with Gasteiger partial charge >= 0.3 is 0 Å². The molecule has 1 N–H and O–H groups in total. The summed E-state index contributed by atoms with van der Waals surface area (Å²) in [7, 11) is 0. The number of carbonyl (C=O) groups excluding carboxylic acids is 2. The molecule has 1 amide bonds. The predicted molar refractivity (Wildman–Crippen MR) is 119 cm³/mol. The van der Waals surface area contributed by atoms with Gasteiger partial charge in [-0.3, -0.25) is 9.59 Å². The lowest BCUT2D eigenvalue weighted by Gasteiger charge is -2.24. The molecule has 2 aliphatic rings. The van der Waals surface area contributed by atoms with Gasteiger partial charge in [0.05, 0.1) is 18.2 Å². The number of ether oxygens (including phenoxy) is 1. The van der Waals surface area contributed by atoms with Gasteiger partial charge in [0.2, 0.25) is 0 Å². The van der Waals surface area contributed by atoms with Crippen LogP contribution in [0.4, 0.5) is 4.39 Å². The van der Waals surface area contributed by atoms with E-state index in [1.807, 2.05) is 23.6 Å². The van der Waals surface area contributed by atoms with Crippen LogP contribution in [0.15, 0.2) is 65.6 Å². The summed E-state index contributed by atoms with van der Waals surface area (Å²) >= 11 is 1.43. The van der Waals surface area contributed by atoms with E-state index < -0.39 is 17.7 Å². The van der Waals surface area contributed by atoms with E-state index in [-0.39, 0.29) is 23.7 Å². The Labute approximate surface area is 188 Å². The van der Waals surface area contributed by atoms with Crippen LogP contribution in [0.5, 0.6) is 5.75 Å². The first kappa shape index (κ1) is 20.5. The number of aliphatic hydroxyl groups is 1. The lowest BCUT2D eigenvalue weighted by atomic mass is 9.98. The Morgan fingerprint density at radius 2 is 1.97 bits per heavy atom. The number of aliphatic hydroxyl groups excluding tert-OH is 1. The van der Waals surface area contributed by atoms with Gasteiger partial charge in [0, 0.05) is 23.4 Å². The van der Waals surface area contributed by atoms with E-state index in [0.29, 0.717) is 18.6 Å². The smallest absolute Gasteiger partial charge is 0.295 e. The number of hydrogen-bond acceptors (Lipinski definition) is 5. The molecule has 1 atom stereocenters. The summed E-state index contributed by atoms with van der Waals surface area (Å²) in [5, 5.41) is 13.0. The summed E-state index contributed by atoms with van der Waals surface area (Å²) in [6.07, 6.45) is 1.20. The molecule has 5 nitrogen and oxygen atoms in total. The number of amides is 1. The van der Waals surface area contributed by atoms with Crippen LogP contribution in [0.3, 0.4) is 0 Å². The Balaban J connectivity index is 1.52. The average Bonchev–Trinajstić information content (AvgIpc) is 3.54. The minimum atomic E-state index is -0.697. The summed E-state index contributed by atoms with van der Waals surface area (Å²) < 4.78 is 18.8. The van der Waals surface area contributed by atoms with E-state index >= 15 is 0 Å². The number of ketones is 1. The van der Waals surface area contributed by atoms with Crippen LogP contribution in [-0.2, 0) is 22.4 Å². The van der Waals surface area contributed by atoms with Crippen LogP contribution >= 0.6 is 11.3 Å². The molecular formula is C25H20FNO4S. The molecule has 2 aromatic carbocycles. The van der Waals surface area contributed by atoms with Crippen LogP contribution in [0.2, 0.25) is 0 Å². The number of Topliss-reactive ketones (excluding diaryl/α,β-unsaturated/α-hetero) is 1. The van der Waals surface area contributed by atoms with Crippen molar-refractivity contribution in [2.75, 3.05) is 13.2 Å². The summed E-state index contributed by atoms with van der Waals surface area (Å²) in [5.74, 6) is -1.07. The monoisotopic (exact) mass is 449 g/mol. The first-order valence-electron chi connectivity index (χ1n) is 10.4. The third-order valence-electron chi connectivity index (χ3n) is 5.87. The molecule has 32 heavy (non-hydrogen) atoms. The van der Waals surface area contributed by atoms with Crippen LogP contribution in [-0.4, -0.2) is 34.8 Å². The molecule has 0 radical (unpaired) electrons. The second kappa shape index (κ2) is 8.24. The molecule has 1 fully saturated rings. The molecule has 162 valence electrons. The van der Waals surface area contributed by atoms with Crippen LogP contribution in [0, 0.1) is 5.82 Å². The number of fused-ring (bicyclic) bond motifs is 1. The average molecular weight is 450 g/mol. The Hall–Kier alpha value is -3.45. The predicted octanol–water partition coefficient (Wildman–Crippen LogP) is 4.49. The lowest BCUT2D eigenvalue weighted by Crippen LogP contribution is -2.31. The number of hydrogen-bond donors (Lipinski definition) is 1. The first-order chi connectivity index (χ1) is 15.5. The zero-order valence-corrected chi connectivity index (χ0v) is 17.9. The molecular weight excluding hydrogens is 429 g/mol. The second-order valence-electron chi connectivity index (χ2n) is 7.81. The van der Waals surface area contributed by atoms with E-state index in [1.165, 1.54) is 28.4 Å². The molecule has 1 aromatic heterocycles. The molecule has 3 heterocycles. The number of thiophene rings is 1. The van der Waals surface area contributed by atoms with Crippen molar-refractivity contribution in [3.63, 3.8) is 0 Å². The number of carbonyl (C=O) groups is 2. The van der Waals surface area contributed by atoms with Crippen molar-refractivity contribution < 1.29 is 23.8 Å². The van der Waals surface area contributed by atoms with Gasteiger partial charge in [-0.05, 0) is 59.3 Å². The van der Waals surface area contributed by atoms with Crippen molar-refractivity contribution in [3.05, 3.63) is 92.9 Å². The van der Waals surface area contributed by atoms with Gasteiger partial charge < -0.3 is 14.7 Å². The fourth-order valence-electron chi connectivity index (χ4n) is 4.24. The van der Waals surface area contributed by atoms with Crippen molar-refractivity contribution in [1.29, 1.82) is 0 Å². The Bertz CT molecular complexity index is 1220. The number of benzene rings is 2. The van der Waals surface area contributed by atoms with E-state index in [2.05, 4.69) is 0 Å². The highest BCUT2D eigenvalue weighted by atomic mass is 32.1. The van der Waals surface area contributed by atoms with Crippen molar-refractivity contribution in [3.8, 4) is 5.75 Å². The molecule has 1 saturated heterocycles. The Kier molecular flexibility index (Phi) is 5.27. The van der Waals surface area contributed by atoms with Gasteiger partial charge in [0.25, 0.3) is 11.7 Å². The van der Waals surface area contributed by atoms with Gasteiger partial charge in [-0.15, -0.1) is 11.3 Å². The maximum absolute atomic E-state index is 13.2. The van der Waals surface area contributed by atoms with E-state index in [9.17, 15) is 19.1 Å². The quantitative estimate of drug-likeness (QED) is 0.354. The highest BCUT2D eigenvalue weighted by molar-refractivity contribution is 7.10. The third kappa shape index (κ3) is 3.58. The van der Waals surface area contributed by atoms with Gasteiger partial charge in [-0.2, -0.15) is 0 Å². The normalized spacial score (nSPS) is 19.3. The maximum Gasteiger partial charge on any atom is 0.295 e. The number of likely N-dealkylation sites (tertiary alicyclic amines) is 1. The molecule has 7 heteroatoms. The standard InChI is InChI=1S/C25H20FNO4S/c26-18-6-3-15(4-7-18)9-11-27-22(20-2-1-13-32-20)21(24(29)25(27)30)23(28)17-5-8-19-16(14-17)10-12-31-19/h1-8,13-14,22,28H,9-12H2/b23-21-. The topological polar surface area (TPSA) is 66.8 Å². The maximum atomic E-state index is 13.2. The molecule has 0 spiro atoms. The van der Waals surface area contributed by atoms with Gasteiger partial charge in [-0.1, -0.05) is 18.2 Å². The summed E-state index contributed by atoms with van der Waals surface area (Å²) in [6, 6.07) is 14.4. The van der Waals surface area contributed by atoms with E-state index in [4.69, 9.17) is 4.74 Å². The minimum absolute atomic E-state index is 0.0930. The van der Waals surface area contributed by atoms with Gasteiger partial charge in [-0.25, -0.2) is 4.39 Å². The first-order valence-corrected chi connectivity index (χ1v) is 11.2. The fourth-order valence-corrected chi connectivity index (χ4v) is 5.09. The molecule has 0 saturated carbocycles. The van der Waals surface area contributed by atoms with Crippen molar-refractivity contribution in [2.45, 2.75) is 18.9 Å². The van der Waals surface area contributed by atoms with Crippen LogP contribution in [0.25, 0.3) is 5.76 Å². The number of rotatable bonds is 5. The Morgan fingerprint density at radius 3 is 2.72 bits per heavy atom. The zero-order chi connectivity index (χ0) is 22.2. The third-order valence-corrected chi connectivity index (χ3v) is 6.79. The van der Waals surface area contributed by atoms with Crippen LogP contribution in [0.1, 0.15) is 27.6 Å². The van der Waals surface area contributed by atoms with Gasteiger partial charge in [0.1, 0.15) is 17.3 Å². The highest BCUT2D eigenvalue weighted by Gasteiger charge is 2.46. The minimum Gasteiger partial charge on any atom is -0.507 e. The largest absolute Gasteiger partial charge is 0.507 e. The summed E-state index contributed by atoms with van der Waals surface area (Å²) in [5.41, 5.74) is 2.41. The fraction of sp³-hybridized carbons (Fsp3) is 0.200. The summed E-state index contributed by atoms with van der Waals surface area (Å²) in [4.78, 5) is 28.3. The number of halogens is 1. The van der Waals surface area contributed by atoms with Crippen molar-refractivity contribution >= 4 is 28.8 Å². The number of nitrogens with zero attached hydrogens (tertiary/aromatic N) is 1. The van der Waals surface area contributed by atoms with Crippen LogP contribution < -0.4 is 4.74 Å². The SMILES string of the molecule is O=C1C(=O)N(CCc2ccc(F)cc2)C(c2cccs2)/C1=C(/O)c1ccc2c(c1)CCO2. The van der Waals surface area contributed by atoms with Crippen molar-refractivity contribution in [1.82, 2.24) is 4.90 Å². The molecule has 5 rings (SSSR count). The zero-order valence-electron chi connectivity index (χ0n) is 17.1. The molecule has 0 bridgehead atoms. The molecule has 1 unspecified atom stereocenters. The van der Waals surface area contributed by atoms with Gasteiger partial charge in [0.15, 0.2) is 0 Å².